The second-order valence-corrected chi connectivity index (χ2v) is 4.24. The molecule has 1 amide bonds. The number of anilines is 1. The minimum Gasteiger partial charge on any atom is -0.326 e. The Morgan fingerprint density at radius 1 is 1.29 bits per heavy atom. The Kier molecular flexibility index (Phi) is 4.24. The van der Waals surface area contributed by atoms with Crippen LogP contribution in [0.5, 0.6) is 0 Å². The molecule has 2 rings (SSSR count). The van der Waals surface area contributed by atoms with Gasteiger partial charge in [-0.3, -0.25) is 14.9 Å². The summed E-state index contributed by atoms with van der Waals surface area (Å²) >= 11 is 0. The van der Waals surface area contributed by atoms with Crippen molar-refractivity contribution in [2.75, 3.05) is 5.32 Å². The quantitative estimate of drug-likeness (QED) is 0.667. The highest BCUT2D eigenvalue weighted by atomic mass is 19.1. The largest absolute Gasteiger partial charge is 0.326 e. The second kappa shape index (κ2) is 6.10. The predicted molar refractivity (Wildman–Crippen MR) is 75.3 cm³/mol. The summed E-state index contributed by atoms with van der Waals surface area (Å²) < 4.78 is 13.7. The van der Waals surface area contributed by atoms with Crippen molar-refractivity contribution in [3.63, 3.8) is 0 Å². The van der Waals surface area contributed by atoms with Crippen molar-refractivity contribution in [3.8, 4) is 0 Å². The number of carbonyl (C=O) groups is 1. The second-order valence-electron chi connectivity index (χ2n) is 4.24. The first-order valence-corrected chi connectivity index (χ1v) is 6.06. The number of nitrogens with zero attached hydrogens (tertiary/aromatic N) is 1. The molecule has 0 aliphatic rings. The zero-order valence-electron chi connectivity index (χ0n) is 10.9. The molecule has 0 saturated heterocycles. The lowest BCUT2D eigenvalue weighted by Crippen LogP contribution is -2.16. The molecule has 0 spiro atoms. The van der Waals surface area contributed by atoms with Gasteiger partial charge in [0.25, 0.3) is 11.6 Å². The van der Waals surface area contributed by atoms with Gasteiger partial charge >= 0.3 is 0 Å². The van der Waals surface area contributed by atoms with Crippen LogP contribution in [0.3, 0.4) is 0 Å². The fourth-order valence-corrected chi connectivity index (χ4v) is 1.81. The average molecular weight is 289 g/mol. The molecule has 0 aliphatic carbocycles. The van der Waals surface area contributed by atoms with Gasteiger partial charge in [0.1, 0.15) is 5.82 Å². The van der Waals surface area contributed by atoms with E-state index < -0.39 is 22.2 Å². The van der Waals surface area contributed by atoms with Gasteiger partial charge in [-0.25, -0.2) is 4.39 Å². The molecule has 0 unspecified atom stereocenters. The van der Waals surface area contributed by atoms with Crippen molar-refractivity contribution < 1.29 is 14.1 Å². The number of halogens is 1. The van der Waals surface area contributed by atoms with E-state index in [1.807, 2.05) is 0 Å². The minimum absolute atomic E-state index is 0.202. The molecule has 3 N–H and O–H groups in total. The molecule has 2 aromatic rings. The molecule has 0 heterocycles. The van der Waals surface area contributed by atoms with Crippen LogP contribution in [0, 0.1) is 15.9 Å². The maximum atomic E-state index is 13.7. The number of nitro benzene ring substituents is 1. The first-order chi connectivity index (χ1) is 10.0. The summed E-state index contributed by atoms with van der Waals surface area (Å²) in [5.41, 5.74) is 5.92. The Bertz CT molecular complexity index is 704. The Labute approximate surface area is 119 Å². The summed E-state index contributed by atoms with van der Waals surface area (Å²) in [7, 11) is 0. The Morgan fingerprint density at radius 2 is 2.00 bits per heavy atom. The van der Waals surface area contributed by atoms with Crippen LogP contribution < -0.4 is 11.1 Å². The first kappa shape index (κ1) is 14.6. The maximum absolute atomic E-state index is 13.7. The van der Waals surface area contributed by atoms with Crippen LogP contribution >= 0.6 is 0 Å². The van der Waals surface area contributed by atoms with Gasteiger partial charge in [-0.05, 0) is 17.7 Å². The number of nitrogens with two attached hydrogens (primary N) is 1. The molecule has 0 fully saturated rings. The maximum Gasteiger partial charge on any atom is 0.270 e. The molecule has 21 heavy (non-hydrogen) atoms. The molecule has 0 bridgehead atoms. The number of rotatable bonds is 4. The fourth-order valence-electron chi connectivity index (χ4n) is 1.81. The average Bonchev–Trinajstić information content (AvgIpc) is 2.47. The minimum atomic E-state index is -0.830. The molecule has 0 saturated carbocycles. The summed E-state index contributed by atoms with van der Waals surface area (Å²) in [6, 6.07) is 9.58. The van der Waals surface area contributed by atoms with Gasteiger partial charge < -0.3 is 11.1 Å². The van der Waals surface area contributed by atoms with E-state index in [2.05, 4.69) is 5.32 Å². The van der Waals surface area contributed by atoms with E-state index in [9.17, 15) is 19.3 Å². The lowest BCUT2D eigenvalue weighted by atomic mass is 10.1. The van der Waals surface area contributed by atoms with Crippen LogP contribution in [-0.2, 0) is 6.54 Å². The first-order valence-electron chi connectivity index (χ1n) is 6.06. The van der Waals surface area contributed by atoms with Gasteiger partial charge in [0, 0.05) is 24.4 Å². The summed E-state index contributed by atoms with van der Waals surface area (Å²) in [5, 5.41) is 13.2. The Balaban J connectivity index is 2.32. The van der Waals surface area contributed by atoms with E-state index in [4.69, 9.17) is 5.73 Å². The number of nitro groups is 1. The highest BCUT2D eigenvalue weighted by Crippen LogP contribution is 2.20. The van der Waals surface area contributed by atoms with Crippen molar-refractivity contribution in [2.24, 2.45) is 5.73 Å². The van der Waals surface area contributed by atoms with Crippen molar-refractivity contribution in [1.29, 1.82) is 0 Å². The third-order valence-electron chi connectivity index (χ3n) is 2.89. The third-order valence-corrected chi connectivity index (χ3v) is 2.89. The molecule has 0 aromatic heterocycles. The number of amides is 1. The zero-order valence-corrected chi connectivity index (χ0v) is 10.9. The molecular formula is C14H12FN3O3. The number of nitrogens with one attached hydrogen (secondary N) is 1. The van der Waals surface area contributed by atoms with E-state index in [1.54, 1.807) is 24.3 Å². The van der Waals surface area contributed by atoms with E-state index in [0.29, 0.717) is 11.3 Å². The molecule has 108 valence electrons. The SMILES string of the molecule is NCc1ccccc1NC(=O)c1cc([N+](=O)[O-])ccc1F. The Hall–Kier alpha value is -2.80. The molecular weight excluding hydrogens is 277 g/mol. The van der Waals surface area contributed by atoms with Gasteiger partial charge in [-0.1, -0.05) is 18.2 Å². The smallest absolute Gasteiger partial charge is 0.270 e. The normalized spacial score (nSPS) is 10.2. The van der Waals surface area contributed by atoms with Gasteiger partial charge in [-0.15, -0.1) is 0 Å². The van der Waals surface area contributed by atoms with Crippen LogP contribution in [0.2, 0.25) is 0 Å². The summed E-state index contributed by atoms with van der Waals surface area (Å²) in [6.45, 7) is 0.202. The lowest BCUT2D eigenvalue weighted by molar-refractivity contribution is -0.384. The number of benzene rings is 2. The number of hydrogen-bond acceptors (Lipinski definition) is 4. The van der Waals surface area contributed by atoms with E-state index in [-0.39, 0.29) is 12.2 Å². The molecule has 6 nitrogen and oxygen atoms in total. The highest BCUT2D eigenvalue weighted by Gasteiger charge is 2.17. The highest BCUT2D eigenvalue weighted by molar-refractivity contribution is 6.05. The van der Waals surface area contributed by atoms with Crippen LogP contribution in [0.1, 0.15) is 15.9 Å². The Morgan fingerprint density at radius 3 is 2.67 bits per heavy atom. The topological polar surface area (TPSA) is 98.3 Å². The predicted octanol–water partition coefficient (Wildman–Crippen LogP) is 2.44. The molecule has 0 atom stereocenters. The monoisotopic (exact) mass is 289 g/mol. The molecule has 0 radical (unpaired) electrons. The zero-order chi connectivity index (χ0) is 15.4. The number of carbonyl (C=O) groups excluding carboxylic acids is 1. The van der Waals surface area contributed by atoms with Gasteiger partial charge in [0.2, 0.25) is 0 Å². The standard InChI is InChI=1S/C14H12FN3O3/c15-12-6-5-10(18(20)21)7-11(12)14(19)17-13-4-2-1-3-9(13)8-16/h1-7H,8,16H2,(H,17,19). The number of hydrogen-bond donors (Lipinski definition) is 2. The van der Waals surface area contributed by atoms with Crippen molar-refractivity contribution in [3.05, 3.63) is 69.5 Å². The van der Waals surface area contributed by atoms with Crippen molar-refractivity contribution in [1.82, 2.24) is 0 Å². The summed E-state index contributed by atoms with van der Waals surface area (Å²) in [5.74, 6) is -1.60. The molecule has 7 heteroatoms. The van der Waals surface area contributed by atoms with Crippen LogP contribution in [-0.4, -0.2) is 10.8 Å². The van der Waals surface area contributed by atoms with Crippen molar-refractivity contribution in [2.45, 2.75) is 6.54 Å². The fraction of sp³-hybridized carbons (Fsp3) is 0.0714. The third kappa shape index (κ3) is 3.21. The number of para-hydroxylation sites is 1. The summed E-state index contributed by atoms with van der Waals surface area (Å²) in [4.78, 5) is 22.1. The number of non-ortho nitro benzene ring substituents is 1. The van der Waals surface area contributed by atoms with Crippen LogP contribution in [0.4, 0.5) is 15.8 Å². The van der Waals surface area contributed by atoms with Gasteiger partial charge in [0.15, 0.2) is 0 Å². The lowest BCUT2D eigenvalue weighted by Gasteiger charge is -2.10. The van der Waals surface area contributed by atoms with E-state index >= 15 is 0 Å². The molecule has 2 aromatic carbocycles. The van der Waals surface area contributed by atoms with E-state index in [1.165, 1.54) is 0 Å². The van der Waals surface area contributed by atoms with Crippen molar-refractivity contribution >= 4 is 17.3 Å². The van der Waals surface area contributed by atoms with E-state index in [0.717, 1.165) is 18.2 Å². The molecule has 0 aliphatic heterocycles. The van der Waals surface area contributed by atoms with Gasteiger partial charge in [-0.2, -0.15) is 0 Å². The van der Waals surface area contributed by atoms with Gasteiger partial charge in [0.05, 0.1) is 10.5 Å². The van der Waals surface area contributed by atoms with Crippen LogP contribution in [0.15, 0.2) is 42.5 Å². The van der Waals surface area contributed by atoms with Crippen LogP contribution in [0.25, 0.3) is 0 Å². The summed E-state index contributed by atoms with van der Waals surface area (Å²) in [6.07, 6.45) is 0.